The van der Waals surface area contributed by atoms with E-state index in [1.165, 1.54) is 5.56 Å². The molecule has 0 radical (unpaired) electrons. The molecule has 1 heterocycles. The highest BCUT2D eigenvalue weighted by Crippen LogP contribution is 2.24. The molecule has 0 aliphatic heterocycles. The summed E-state index contributed by atoms with van der Waals surface area (Å²) in [4.78, 5) is 0. The summed E-state index contributed by atoms with van der Waals surface area (Å²) in [5.74, 6) is 0.985. The van der Waals surface area contributed by atoms with Crippen LogP contribution in [-0.4, -0.2) is 16.7 Å². The molecule has 3 nitrogen and oxygen atoms in total. The van der Waals surface area contributed by atoms with Gasteiger partial charge in [-0.05, 0) is 12.5 Å². The van der Waals surface area contributed by atoms with E-state index in [0.29, 0.717) is 0 Å². The van der Waals surface area contributed by atoms with Gasteiger partial charge in [-0.3, -0.25) is 5.10 Å². The van der Waals surface area contributed by atoms with E-state index in [-0.39, 0.29) is 0 Å². The summed E-state index contributed by atoms with van der Waals surface area (Å²) in [5.41, 5.74) is 2.30. The molecule has 0 atom stereocenters. The van der Waals surface area contributed by atoms with Gasteiger partial charge < -0.3 is 5.32 Å². The number of nitrogens with one attached hydrogen (secondary N) is 2. The van der Waals surface area contributed by atoms with Crippen molar-refractivity contribution in [1.29, 1.82) is 0 Å². The average Bonchev–Trinajstić information content (AvgIpc) is 2.68. The molecule has 72 valence electrons. The van der Waals surface area contributed by atoms with E-state index < -0.39 is 0 Å². The Morgan fingerprint density at radius 2 is 2.07 bits per heavy atom. The molecule has 0 fully saturated rings. The van der Waals surface area contributed by atoms with Crippen molar-refractivity contribution < 1.29 is 0 Å². The van der Waals surface area contributed by atoms with Crippen molar-refractivity contribution in [3.05, 3.63) is 36.5 Å². The molecule has 2 N–H and O–H groups in total. The molecule has 0 saturated carbocycles. The molecule has 14 heavy (non-hydrogen) atoms. The molecular formula is C11H13N3. The Bertz CT molecular complexity index is 392. The second kappa shape index (κ2) is 3.96. The van der Waals surface area contributed by atoms with Gasteiger partial charge in [0.1, 0.15) is 5.82 Å². The third kappa shape index (κ3) is 1.62. The van der Waals surface area contributed by atoms with Gasteiger partial charge >= 0.3 is 0 Å². The summed E-state index contributed by atoms with van der Waals surface area (Å²) in [7, 11) is 0. The summed E-state index contributed by atoms with van der Waals surface area (Å²) in [5, 5.41) is 10.2. The monoisotopic (exact) mass is 187 g/mol. The van der Waals surface area contributed by atoms with Crippen LogP contribution < -0.4 is 5.32 Å². The van der Waals surface area contributed by atoms with Gasteiger partial charge in [0.15, 0.2) is 0 Å². The van der Waals surface area contributed by atoms with Crippen molar-refractivity contribution in [1.82, 2.24) is 10.2 Å². The van der Waals surface area contributed by atoms with Crippen LogP contribution in [0.15, 0.2) is 36.5 Å². The zero-order chi connectivity index (χ0) is 9.80. The highest BCUT2D eigenvalue weighted by atomic mass is 15.2. The van der Waals surface area contributed by atoms with Gasteiger partial charge in [0.25, 0.3) is 0 Å². The molecule has 0 unspecified atom stereocenters. The molecule has 3 heteroatoms. The standard InChI is InChI=1S/C11H13N3/c1-2-12-11-10(8-13-14-11)9-6-4-3-5-7-9/h3-8H,2H2,1H3,(H2,12,13,14). The van der Waals surface area contributed by atoms with E-state index >= 15 is 0 Å². The van der Waals surface area contributed by atoms with Crippen molar-refractivity contribution in [3.63, 3.8) is 0 Å². The molecule has 0 aliphatic carbocycles. The maximum Gasteiger partial charge on any atom is 0.129 e. The first kappa shape index (κ1) is 8.81. The number of nitrogens with zero attached hydrogens (tertiary/aromatic N) is 1. The number of aromatic nitrogens is 2. The number of anilines is 1. The predicted octanol–water partition coefficient (Wildman–Crippen LogP) is 2.51. The lowest BCUT2D eigenvalue weighted by atomic mass is 10.1. The zero-order valence-corrected chi connectivity index (χ0v) is 8.12. The molecule has 2 rings (SSSR count). The molecule has 0 bridgehead atoms. The van der Waals surface area contributed by atoms with Crippen LogP contribution >= 0.6 is 0 Å². The highest BCUT2D eigenvalue weighted by molar-refractivity contribution is 5.74. The minimum absolute atomic E-state index is 0.891. The van der Waals surface area contributed by atoms with Crippen molar-refractivity contribution in [2.45, 2.75) is 6.92 Å². The highest BCUT2D eigenvalue weighted by Gasteiger charge is 2.04. The van der Waals surface area contributed by atoms with Crippen molar-refractivity contribution in [3.8, 4) is 11.1 Å². The van der Waals surface area contributed by atoms with Gasteiger partial charge in [-0.25, -0.2) is 0 Å². The number of H-pyrrole nitrogens is 1. The lowest BCUT2D eigenvalue weighted by molar-refractivity contribution is 1.07. The van der Waals surface area contributed by atoms with Crippen LogP contribution in [0.2, 0.25) is 0 Å². The minimum Gasteiger partial charge on any atom is -0.370 e. The van der Waals surface area contributed by atoms with Crippen molar-refractivity contribution >= 4 is 5.82 Å². The maximum absolute atomic E-state index is 4.03. The van der Waals surface area contributed by atoms with Crippen LogP contribution in [0.1, 0.15) is 6.92 Å². The second-order valence-corrected chi connectivity index (χ2v) is 3.06. The Balaban J connectivity index is 2.37. The van der Waals surface area contributed by atoms with Crippen LogP contribution in [0.3, 0.4) is 0 Å². The topological polar surface area (TPSA) is 40.7 Å². The first-order chi connectivity index (χ1) is 6.92. The number of benzene rings is 1. The molecule has 0 saturated heterocycles. The maximum atomic E-state index is 4.03. The van der Waals surface area contributed by atoms with E-state index in [9.17, 15) is 0 Å². The molecule has 0 amide bonds. The van der Waals surface area contributed by atoms with Crippen LogP contribution in [0, 0.1) is 0 Å². The lowest BCUT2D eigenvalue weighted by Gasteiger charge is -2.03. The second-order valence-electron chi connectivity index (χ2n) is 3.06. The number of rotatable bonds is 3. The summed E-state index contributed by atoms with van der Waals surface area (Å²) in [6.07, 6.45) is 1.84. The Morgan fingerprint density at radius 3 is 2.79 bits per heavy atom. The molecule has 0 spiro atoms. The largest absolute Gasteiger partial charge is 0.370 e. The summed E-state index contributed by atoms with van der Waals surface area (Å²) in [6, 6.07) is 10.2. The third-order valence-electron chi connectivity index (χ3n) is 2.08. The first-order valence-corrected chi connectivity index (χ1v) is 4.74. The third-order valence-corrected chi connectivity index (χ3v) is 2.08. The van der Waals surface area contributed by atoms with Crippen LogP contribution in [0.25, 0.3) is 11.1 Å². The number of hydrogen-bond donors (Lipinski definition) is 2. The fourth-order valence-corrected chi connectivity index (χ4v) is 1.43. The lowest BCUT2D eigenvalue weighted by Crippen LogP contribution is -1.97. The van der Waals surface area contributed by atoms with E-state index in [0.717, 1.165) is 17.9 Å². The quantitative estimate of drug-likeness (QED) is 0.775. The van der Waals surface area contributed by atoms with Crippen LogP contribution in [-0.2, 0) is 0 Å². The zero-order valence-electron chi connectivity index (χ0n) is 8.12. The van der Waals surface area contributed by atoms with E-state index in [4.69, 9.17) is 0 Å². The smallest absolute Gasteiger partial charge is 0.129 e. The molecule has 0 aliphatic rings. The Kier molecular flexibility index (Phi) is 2.49. The Hall–Kier alpha value is -1.77. The van der Waals surface area contributed by atoms with E-state index in [1.54, 1.807) is 0 Å². The summed E-state index contributed by atoms with van der Waals surface area (Å²) >= 11 is 0. The van der Waals surface area contributed by atoms with Gasteiger partial charge in [0.2, 0.25) is 0 Å². The molecule has 2 aromatic rings. The molecule has 1 aromatic heterocycles. The summed E-state index contributed by atoms with van der Waals surface area (Å²) < 4.78 is 0. The fraction of sp³-hybridized carbons (Fsp3) is 0.182. The number of hydrogen-bond acceptors (Lipinski definition) is 2. The number of aromatic amines is 1. The summed E-state index contributed by atoms with van der Waals surface area (Å²) in [6.45, 7) is 2.96. The fourth-order valence-electron chi connectivity index (χ4n) is 1.43. The van der Waals surface area contributed by atoms with Gasteiger partial charge in [0.05, 0.1) is 6.20 Å². The van der Waals surface area contributed by atoms with Crippen molar-refractivity contribution in [2.75, 3.05) is 11.9 Å². The predicted molar refractivity (Wildman–Crippen MR) is 58.2 cm³/mol. The SMILES string of the molecule is CCNc1[nH]ncc1-c1ccccc1. The molecular weight excluding hydrogens is 174 g/mol. The van der Waals surface area contributed by atoms with Gasteiger partial charge in [-0.2, -0.15) is 5.10 Å². The van der Waals surface area contributed by atoms with Crippen LogP contribution in [0.4, 0.5) is 5.82 Å². The van der Waals surface area contributed by atoms with Gasteiger partial charge in [-0.15, -0.1) is 0 Å². The van der Waals surface area contributed by atoms with Gasteiger partial charge in [-0.1, -0.05) is 30.3 Å². The van der Waals surface area contributed by atoms with Gasteiger partial charge in [0, 0.05) is 12.1 Å². The minimum atomic E-state index is 0.891. The Morgan fingerprint density at radius 1 is 1.29 bits per heavy atom. The first-order valence-electron chi connectivity index (χ1n) is 4.74. The normalized spacial score (nSPS) is 10.1. The molecule has 1 aromatic carbocycles. The Labute approximate surface area is 83.2 Å². The van der Waals surface area contributed by atoms with Crippen LogP contribution in [0.5, 0.6) is 0 Å². The van der Waals surface area contributed by atoms with E-state index in [1.807, 2.05) is 24.4 Å². The van der Waals surface area contributed by atoms with E-state index in [2.05, 4.69) is 34.6 Å². The van der Waals surface area contributed by atoms with Crippen molar-refractivity contribution in [2.24, 2.45) is 0 Å². The average molecular weight is 187 g/mol.